The second-order valence-electron chi connectivity index (χ2n) is 6.82. The molecule has 4 nitrogen and oxygen atoms in total. The summed E-state index contributed by atoms with van der Waals surface area (Å²) in [7, 11) is 3.08. The Morgan fingerprint density at radius 2 is 1.89 bits per heavy atom. The third-order valence-electron chi connectivity index (χ3n) is 4.57. The van der Waals surface area contributed by atoms with Crippen LogP contribution in [0, 0.1) is 5.82 Å². The van der Waals surface area contributed by atoms with Crippen LogP contribution in [0.25, 0.3) is 0 Å². The molecule has 1 aromatic carbocycles. The maximum Gasteiger partial charge on any atom is 0.401 e. The summed E-state index contributed by atoms with van der Waals surface area (Å²) < 4.78 is 50.8. The zero-order valence-electron chi connectivity index (χ0n) is 15.6. The number of rotatable bonds is 8. The summed E-state index contributed by atoms with van der Waals surface area (Å²) in [5.41, 5.74) is 0.521. The van der Waals surface area contributed by atoms with Crippen LogP contribution < -0.4 is 10.6 Å². The number of nitrogens with zero attached hydrogens (tertiary/aromatic N) is 2. The van der Waals surface area contributed by atoms with Gasteiger partial charge in [-0.15, -0.1) is 24.0 Å². The predicted octanol–water partition coefficient (Wildman–Crippen LogP) is 3.52. The van der Waals surface area contributed by atoms with E-state index in [0.717, 1.165) is 18.4 Å². The summed E-state index contributed by atoms with van der Waals surface area (Å²) in [5, 5.41) is 6.29. The largest absolute Gasteiger partial charge is 0.401 e. The van der Waals surface area contributed by atoms with E-state index in [1.54, 1.807) is 13.1 Å². The molecule has 0 aliphatic heterocycles. The maximum atomic E-state index is 14.0. The molecule has 1 aromatic rings. The van der Waals surface area contributed by atoms with Gasteiger partial charge in [0, 0.05) is 25.6 Å². The van der Waals surface area contributed by atoms with E-state index in [9.17, 15) is 17.6 Å². The second kappa shape index (κ2) is 10.4. The van der Waals surface area contributed by atoms with Crippen molar-refractivity contribution < 1.29 is 17.6 Å². The molecule has 0 radical (unpaired) electrons. The molecule has 9 heteroatoms. The molecule has 0 unspecified atom stereocenters. The molecule has 0 bridgehead atoms. The molecule has 154 valence electrons. The monoisotopic (exact) mass is 502 g/mol. The van der Waals surface area contributed by atoms with Crippen molar-refractivity contribution in [1.29, 1.82) is 0 Å². The average Bonchev–Trinajstić information content (AvgIpc) is 3.34. The molecule has 1 aliphatic carbocycles. The number of hydrogen-bond donors (Lipinski definition) is 2. The first kappa shape index (κ1) is 23.9. The fourth-order valence-electron chi connectivity index (χ4n) is 3.00. The Kier molecular flexibility index (Phi) is 9.26. The Morgan fingerprint density at radius 3 is 2.44 bits per heavy atom. The summed E-state index contributed by atoms with van der Waals surface area (Å²) in [5.74, 6) is 0.383. The van der Waals surface area contributed by atoms with Gasteiger partial charge >= 0.3 is 6.18 Å². The van der Waals surface area contributed by atoms with Crippen molar-refractivity contribution >= 4 is 29.9 Å². The van der Waals surface area contributed by atoms with E-state index in [4.69, 9.17) is 0 Å². The number of hydrogen-bond acceptors (Lipinski definition) is 2. The number of guanidine groups is 1. The van der Waals surface area contributed by atoms with Crippen molar-refractivity contribution in [1.82, 2.24) is 15.5 Å². The zero-order valence-corrected chi connectivity index (χ0v) is 17.9. The SMILES string of the molecule is CN=C(NCCCN(C)CC(F)(F)F)NCC1(c2ccccc2F)CC1.I. The van der Waals surface area contributed by atoms with Crippen LogP contribution in [0.1, 0.15) is 24.8 Å². The van der Waals surface area contributed by atoms with E-state index in [1.165, 1.54) is 18.0 Å². The van der Waals surface area contributed by atoms with Gasteiger partial charge in [-0.2, -0.15) is 13.2 Å². The van der Waals surface area contributed by atoms with Crippen molar-refractivity contribution in [2.45, 2.75) is 30.9 Å². The van der Waals surface area contributed by atoms with E-state index in [-0.39, 0.29) is 35.2 Å². The van der Waals surface area contributed by atoms with Crippen LogP contribution in [0.15, 0.2) is 29.3 Å². The first-order valence-electron chi connectivity index (χ1n) is 8.71. The summed E-state index contributed by atoms with van der Waals surface area (Å²) in [6.45, 7) is 0.504. The Bertz CT molecular complexity index is 618. The van der Waals surface area contributed by atoms with Gasteiger partial charge in [-0.05, 0) is 44.5 Å². The molecule has 0 spiro atoms. The van der Waals surface area contributed by atoms with Gasteiger partial charge in [-0.3, -0.25) is 9.89 Å². The molecule has 2 N–H and O–H groups in total. The topological polar surface area (TPSA) is 39.7 Å². The molecule has 0 amide bonds. The molecule has 0 aromatic heterocycles. The van der Waals surface area contributed by atoms with Gasteiger partial charge in [0.25, 0.3) is 0 Å². The average molecular weight is 502 g/mol. The van der Waals surface area contributed by atoms with Crippen LogP contribution in [-0.4, -0.2) is 57.3 Å². The van der Waals surface area contributed by atoms with Gasteiger partial charge in [0.05, 0.1) is 6.54 Å². The van der Waals surface area contributed by atoms with Crippen LogP contribution in [-0.2, 0) is 5.41 Å². The standard InChI is InChI=1S/C18H26F4N4.HI/c1-23-16(24-10-5-11-26(2)13-18(20,21)22)25-12-17(8-9-17)14-6-3-4-7-15(14)19;/h3-4,6-7H,5,8-13H2,1-2H3,(H2,23,24,25);1H. The second-order valence-corrected chi connectivity index (χ2v) is 6.82. The highest BCUT2D eigenvalue weighted by atomic mass is 127. The molecule has 1 saturated carbocycles. The summed E-state index contributed by atoms with van der Waals surface area (Å²) >= 11 is 0. The Balaban J connectivity index is 0.00000364. The summed E-state index contributed by atoms with van der Waals surface area (Å²) in [4.78, 5) is 5.36. The first-order valence-corrected chi connectivity index (χ1v) is 8.71. The van der Waals surface area contributed by atoms with Crippen molar-refractivity contribution in [2.24, 2.45) is 4.99 Å². The van der Waals surface area contributed by atoms with Crippen molar-refractivity contribution in [3.05, 3.63) is 35.6 Å². The Hall–Kier alpha value is -1.10. The van der Waals surface area contributed by atoms with Crippen LogP contribution in [0.4, 0.5) is 17.6 Å². The highest BCUT2D eigenvalue weighted by molar-refractivity contribution is 14.0. The molecule has 1 aliphatic rings. The van der Waals surface area contributed by atoms with Crippen LogP contribution in [0.2, 0.25) is 0 Å². The van der Waals surface area contributed by atoms with E-state index in [1.807, 2.05) is 12.1 Å². The summed E-state index contributed by atoms with van der Waals surface area (Å²) in [6, 6.07) is 6.80. The quantitative estimate of drug-likeness (QED) is 0.188. The van der Waals surface area contributed by atoms with Gasteiger partial charge in [0.15, 0.2) is 5.96 Å². The lowest BCUT2D eigenvalue weighted by atomic mass is 9.95. The van der Waals surface area contributed by atoms with Gasteiger partial charge < -0.3 is 10.6 Å². The van der Waals surface area contributed by atoms with E-state index >= 15 is 0 Å². The third kappa shape index (κ3) is 7.81. The van der Waals surface area contributed by atoms with E-state index < -0.39 is 12.7 Å². The molecule has 27 heavy (non-hydrogen) atoms. The molecule has 1 fully saturated rings. The van der Waals surface area contributed by atoms with Crippen molar-refractivity contribution in [2.75, 3.05) is 40.3 Å². The molecule has 0 heterocycles. The highest BCUT2D eigenvalue weighted by Gasteiger charge is 2.45. The molecule has 0 saturated heterocycles. The van der Waals surface area contributed by atoms with Gasteiger partial charge in [-0.25, -0.2) is 4.39 Å². The van der Waals surface area contributed by atoms with Crippen molar-refractivity contribution in [3.63, 3.8) is 0 Å². The fraction of sp³-hybridized carbons (Fsp3) is 0.611. The highest BCUT2D eigenvalue weighted by Crippen LogP contribution is 2.48. The first-order chi connectivity index (χ1) is 12.3. The van der Waals surface area contributed by atoms with Gasteiger partial charge in [0.1, 0.15) is 5.82 Å². The lowest BCUT2D eigenvalue weighted by Crippen LogP contribution is -2.42. The molecular formula is C18H27F4IN4. The van der Waals surface area contributed by atoms with E-state index in [0.29, 0.717) is 32.0 Å². The fourth-order valence-corrected chi connectivity index (χ4v) is 3.00. The van der Waals surface area contributed by atoms with E-state index in [2.05, 4.69) is 15.6 Å². The minimum Gasteiger partial charge on any atom is -0.356 e. The van der Waals surface area contributed by atoms with Crippen molar-refractivity contribution in [3.8, 4) is 0 Å². The number of halogens is 5. The van der Waals surface area contributed by atoms with Crippen LogP contribution in [0.3, 0.4) is 0 Å². The smallest absolute Gasteiger partial charge is 0.356 e. The molecule has 2 rings (SSSR count). The zero-order chi connectivity index (χ0) is 19.2. The summed E-state index contributed by atoms with van der Waals surface area (Å²) in [6.07, 6.45) is -1.78. The number of nitrogens with one attached hydrogen (secondary N) is 2. The van der Waals surface area contributed by atoms with Crippen LogP contribution in [0.5, 0.6) is 0 Å². The maximum absolute atomic E-state index is 14.0. The Labute approximate surface area is 174 Å². The minimum absolute atomic E-state index is 0. The van der Waals surface area contributed by atoms with Crippen LogP contribution >= 0.6 is 24.0 Å². The Morgan fingerprint density at radius 1 is 1.22 bits per heavy atom. The predicted molar refractivity (Wildman–Crippen MR) is 110 cm³/mol. The minimum atomic E-state index is -4.18. The number of aliphatic imine (C=N–C) groups is 1. The molecular weight excluding hydrogens is 475 g/mol. The number of benzene rings is 1. The lowest BCUT2D eigenvalue weighted by molar-refractivity contribution is -0.143. The lowest BCUT2D eigenvalue weighted by Gasteiger charge is -2.21. The third-order valence-corrected chi connectivity index (χ3v) is 4.57. The molecule has 0 atom stereocenters. The van der Waals surface area contributed by atoms with Gasteiger partial charge in [-0.1, -0.05) is 18.2 Å². The normalized spacial score (nSPS) is 16.0. The number of alkyl halides is 3. The van der Waals surface area contributed by atoms with Gasteiger partial charge in [0.2, 0.25) is 0 Å².